The SMILES string of the molecule is Clc1ccc(CC[C@H]2CN(Cc3ccccc3)CCN2Cc2ccccc2)cc1. The summed E-state index contributed by atoms with van der Waals surface area (Å²) in [7, 11) is 0. The first-order valence-corrected chi connectivity index (χ1v) is 10.9. The van der Waals surface area contributed by atoms with Gasteiger partial charge in [0.05, 0.1) is 0 Å². The zero-order chi connectivity index (χ0) is 19.9. The molecule has 3 aromatic carbocycles. The lowest BCUT2D eigenvalue weighted by Gasteiger charge is -2.42. The second-order valence-electron chi connectivity index (χ2n) is 8.00. The molecule has 0 bridgehead atoms. The molecule has 1 saturated heterocycles. The van der Waals surface area contributed by atoms with Gasteiger partial charge >= 0.3 is 0 Å². The number of hydrogen-bond acceptors (Lipinski definition) is 2. The second-order valence-corrected chi connectivity index (χ2v) is 8.43. The number of hydrogen-bond donors (Lipinski definition) is 0. The van der Waals surface area contributed by atoms with Crippen molar-refractivity contribution in [1.29, 1.82) is 0 Å². The Hall–Kier alpha value is -2.13. The number of rotatable bonds is 7. The maximum Gasteiger partial charge on any atom is 0.0406 e. The average molecular weight is 405 g/mol. The first kappa shape index (κ1) is 20.2. The molecule has 1 aliphatic rings. The van der Waals surface area contributed by atoms with Crippen molar-refractivity contribution < 1.29 is 0 Å². The highest BCUT2D eigenvalue weighted by molar-refractivity contribution is 6.30. The number of aryl methyl sites for hydroxylation is 1. The summed E-state index contributed by atoms with van der Waals surface area (Å²) in [5, 5.41) is 0.811. The van der Waals surface area contributed by atoms with Crippen LogP contribution in [0.1, 0.15) is 23.1 Å². The summed E-state index contributed by atoms with van der Waals surface area (Å²) >= 11 is 6.06. The van der Waals surface area contributed by atoms with Crippen LogP contribution >= 0.6 is 11.6 Å². The second kappa shape index (κ2) is 10.1. The van der Waals surface area contributed by atoms with Gasteiger partial charge in [0.25, 0.3) is 0 Å². The van der Waals surface area contributed by atoms with Crippen molar-refractivity contribution in [2.75, 3.05) is 19.6 Å². The summed E-state index contributed by atoms with van der Waals surface area (Å²) in [6, 6.07) is 30.6. The minimum absolute atomic E-state index is 0.559. The highest BCUT2D eigenvalue weighted by atomic mass is 35.5. The van der Waals surface area contributed by atoms with Crippen LogP contribution in [0.15, 0.2) is 84.9 Å². The standard InChI is InChI=1S/C26H29ClN2/c27-25-14-11-22(12-15-25)13-16-26-21-28(19-23-7-3-1-4-8-23)17-18-29(26)20-24-9-5-2-6-10-24/h1-12,14-15,26H,13,16-21H2/t26-/m0/s1. The summed E-state index contributed by atoms with van der Waals surface area (Å²) in [6.07, 6.45) is 2.26. The Kier molecular flexibility index (Phi) is 7.00. The monoisotopic (exact) mass is 404 g/mol. The number of nitrogens with zero attached hydrogens (tertiary/aromatic N) is 2. The fraction of sp³-hybridized carbons (Fsp3) is 0.308. The van der Waals surface area contributed by atoms with Gasteiger partial charge in [0.1, 0.15) is 0 Å². The molecular weight excluding hydrogens is 376 g/mol. The van der Waals surface area contributed by atoms with Gasteiger partial charge < -0.3 is 0 Å². The summed E-state index contributed by atoms with van der Waals surface area (Å²) in [4.78, 5) is 5.29. The molecule has 0 saturated carbocycles. The molecular formula is C26H29ClN2. The summed E-state index contributed by atoms with van der Waals surface area (Å²) in [5.41, 5.74) is 4.18. The van der Waals surface area contributed by atoms with E-state index in [0.717, 1.165) is 44.2 Å². The molecule has 1 fully saturated rings. The number of benzene rings is 3. The molecule has 0 unspecified atom stereocenters. The molecule has 1 heterocycles. The van der Waals surface area contributed by atoms with Gasteiger partial charge in [-0.05, 0) is 41.7 Å². The van der Waals surface area contributed by atoms with E-state index < -0.39 is 0 Å². The van der Waals surface area contributed by atoms with E-state index in [0.29, 0.717) is 6.04 Å². The average Bonchev–Trinajstić information content (AvgIpc) is 2.76. The zero-order valence-electron chi connectivity index (χ0n) is 16.9. The van der Waals surface area contributed by atoms with Gasteiger partial charge in [0.2, 0.25) is 0 Å². The van der Waals surface area contributed by atoms with Crippen LogP contribution in [0.3, 0.4) is 0 Å². The predicted molar refractivity (Wildman–Crippen MR) is 122 cm³/mol. The highest BCUT2D eigenvalue weighted by Crippen LogP contribution is 2.21. The molecule has 0 aromatic heterocycles. The molecule has 0 aliphatic carbocycles. The van der Waals surface area contributed by atoms with E-state index >= 15 is 0 Å². The predicted octanol–water partition coefficient (Wildman–Crippen LogP) is 5.66. The molecule has 0 radical (unpaired) electrons. The Morgan fingerprint density at radius 2 is 1.31 bits per heavy atom. The highest BCUT2D eigenvalue weighted by Gasteiger charge is 2.26. The Bertz CT molecular complexity index is 864. The van der Waals surface area contributed by atoms with Crippen LogP contribution in [0.5, 0.6) is 0 Å². The van der Waals surface area contributed by atoms with Crippen molar-refractivity contribution in [3.63, 3.8) is 0 Å². The van der Waals surface area contributed by atoms with E-state index in [1.54, 1.807) is 0 Å². The Balaban J connectivity index is 1.43. The van der Waals surface area contributed by atoms with Gasteiger partial charge in [0, 0.05) is 43.8 Å². The number of halogens is 1. The van der Waals surface area contributed by atoms with Gasteiger partial charge in [-0.25, -0.2) is 0 Å². The maximum absolute atomic E-state index is 6.06. The van der Waals surface area contributed by atoms with Crippen LogP contribution in [-0.4, -0.2) is 35.5 Å². The van der Waals surface area contributed by atoms with Crippen LogP contribution in [0.25, 0.3) is 0 Å². The maximum atomic E-state index is 6.06. The Morgan fingerprint density at radius 3 is 1.97 bits per heavy atom. The molecule has 0 amide bonds. The van der Waals surface area contributed by atoms with E-state index in [1.165, 1.54) is 23.1 Å². The molecule has 2 nitrogen and oxygen atoms in total. The van der Waals surface area contributed by atoms with E-state index in [9.17, 15) is 0 Å². The molecule has 0 spiro atoms. The molecule has 3 aromatic rings. The first-order valence-electron chi connectivity index (χ1n) is 10.5. The third-order valence-electron chi connectivity index (χ3n) is 5.85. The first-order chi connectivity index (χ1) is 14.3. The molecule has 29 heavy (non-hydrogen) atoms. The van der Waals surface area contributed by atoms with Crippen LogP contribution < -0.4 is 0 Å². The fourth-order valence-corrected chi connectivity index (χ4v) is 4.35. The number of piperazine rings is 1. The normalized spacial score (nSPS) is 18.0. The minimum atomic E-state index is 0.559. The topological polar surface area (TPSA) is 6.48 Å². The lowest BCUT2D eigenvalue weighted by molar-refractivity contribution is 0.0597. The van der Waals surface area contributed by atoms with Gasteiger partial charge in [-0.2, -0.15) is 0 Å². The zero-order valence-corrected chi connectivity index (χ0v) is 17.6. The Morgan fingerprint density at radius 1 is 0.690 bits per heavy atom. The van der Waals surface area contributed by atoms with Gasteiger partial charge in [-0.1, -0.05) is 84.4 Å². The van der Waals surface area contributed by atoms with Gasteiger partial charge in [0.15, 0.2) is 0 Å². The summed E-state index contributed by atoms with van der Waals surface area (Å²) in [6.45, 7) is 5.43. The van der Waals surface area contributed by atoms with Gasteiger partial charge in [-0.15, -0.1) is 0 Å². The van der Waals surface area contributed by atoms with Crippen molar-refractivity contribution in [2.24, 2.45) is 0 Å². The molecule has 3 heteroatoms. The molecule has 0 N–H and O–H groups in total. The van der Waals surface area contributed by atoms with Crippen molar-refractivity contribution in [3.05, 3.63) is 107 Å². The van der Waals surface area contributed by atoms with Gasteiger partial charge in [-0.3, -0.25) is 9.80 Å². The smallest absolute Gasteiger partial charge is 0.0406 e. The quantitative estimate of drug-likeness (QED) is 0.501. The fourth-order valence-electron chi connectivity index (χ4n) is 4.23. The summed E-state index contributed by atoms with van der Waals surface area (Å²) < 4.78 is 0. The largest absolute Gasteiger partial charge is 0.296 e. The van der Waals surface area contributed by atoms with Crippen molar-refractivity contribution in [2.45, 2.75) is 32.0 Å². The molecule has 1 atom stereocenters. The lowest BCUT2D eigenvalue weighted by atomic mass is 10.0. The van der Waals surface area contributed by atoms with E-state index in [1.807, 2.05) is 12.1 Å². The van der Waals surface area contributed by atoms with Crippen LogP contribution in [-0.2, 0) is 19.5 Å². The third-order valence-corrected chi connectivity index (χ3v) is 6.10. The van der Waals surface area contributed by atoms with Crippen molar-refractivity contribution >= 4 is 11.6 Å². The third kappa shape index (κ3) is 5.93. The van der Waals surface area contributed by atoms with E-state index in [-0.39, 0.29) is 0 Å². The molecule has 150 valence electrons. The minimum Gasteiger partial charge on any atom is -0.296 e. The van der Waals surface area contributed by atoms with Crippen LogP contribution in [0.4, 0.5) is 0 Å². The Labute approximate surface area is 179 Å². The summed E-state index contributed by atoms with van der Waals surface area (Å²) in [5.74, 6) is 0. The van der Waals surface area contributed by atoms with E-state index in [4.69, 9.17) is 11.6 Å². The molecule has 1 aliphatic heterocycles. The van der Waals surface area contributed by atoms with Crippen LogP contribution in [0, 0.1) is 0 Å². The van der Waals surface area contributed by atoms with Crippen molar-refractivity contribution in [1.82, 2.24) is 9.80 Å². The lowest BCUT2D eigenvalue weighted by Crippen LogP contribution is -2.52. The van der Waals surface area contributed by atoms with E-state index in [2.05, 4.69) is 82.6 Å². The van der Waals surface area contributed by atoms with Crippen molar-refractivity contribution in [3.8, 4) is 0 Å². The van der Waals surface area contributed by atoms with Crippen LogP contribution in [0.2, 0.25) is 5.02 Å². The molecule has 4 rings (SSSR count).